The van der Waals surface area contributed by atoms with E-state index >= 15 is 0 Å². The number of benzene rings is 1. The maximum atomic E-state index is 12.0. The number of carbonyl (C=O) groups is 2. The largest absolute Gasteiger partial charge is 0.296 e. The van der Waals surface area contributed by atoms with E-state index in [9.17, 15) is 9.59 Å². The number of nitrogens with one attached hydrogen (secondary N) is 1. The van der Waals surface area contributed by atoms with Crippen LogP contribution in [0.25, 0.3) is 0 Å². The Morgan fingerprint density at radius 2 is 1.81 bits per heavy atom. The Hall–Kier alpha value is -1.64. The lowest BCUT2D eigenvalue weighted by Crippen LogP contribution is -2.40. The van der Waals surface area contributed by atoms with Crippen molar-refractivity contribution in [2.45, 2.75) is 25.7 Å². The Morgan fingerprint density at radius 1 is 1.19 bits per heavy atom. The molecule has 0 spiro atoms. The van der Waals surface area contributed by atoms with E-state index in [4.69, 9.17) is 0 Å². The number of imide groups is 1. The molecule has 1 heterocycles. The van der Waals surface area contributed by atoms with E-state index in [1.165, 1.54) is 0 Å². The first kappa shape index (κ1) is 10.9. The van der Waals surface area contributed by atoms with Crippen LogP contribution in [0.15, 0.2) is 30.3 Å². The van der Waals surface area contributed by atoms with Crippen molar-refractivity contribution in [1.82, 2.24) is 5.32 Å². The van der Waals surface area contributed by atoms with Crippen LogP contribution >= 0.6 is 0 Å². The minimum Gasteiger partial charge on any atom is -0.296 e. The molecule has 1 unspecified atom stereocenters. The molecule has 0 bridgehead atoms. The third-order valence-electron chi connectivity index (χ3n) is 3.37. The zero-order chi connectivity index (χ0) is 11.8. The highest BCUT2D eigenvalue weighted by atomic mass is 16.2. The second kappa shape index (κ2) is 3.74. The number of hydrogen-bond donors (Lipinski definition) is 1. The molecule has 1 aromatic rings. The Bertz CT molecular complexity index is 425. The Labute approximate surface area is 94.9 Å². The van der Waals surface area contributed by atoms with Crippen LogP contribution in [0.2, 0.25) is 0 Å². The normalized spacial score (nSPS) is 24.9. The molecule has 0 radical (unpaired) electrons. The average Bonchev–Trinajstić information content (AvgIpc) is 2.56. The molecule has 84 valence electrons. The minimum absolute atomic E-state index is 0.0985. The maximum absolute atomic E-state index is 12.0. The molecule has 3 heteroatoms. The summed E-state index contributed by atoms with van der Waals surface area (Å²) in [4.78, 5) is 23.4. The summed E-state index contributed by atoms with van der Waals surface area (Å²) in [6.07, 6.45) is 0.257. The fourth-order valence-electron chi connectivity index (χ4n) is 2.38. The van der Waals surface area contributed by atoms with E-state index in [1.54, 1.807) is 0 Å². The number of rotatable bonds is 2. The number of carbonyl (C=O) groups excluding carboxylic acids is 2. The van der Waals surface area contributed by atoms with Gasteiger partial charge in [0, 0.05) is 6.42 Å². The highest BCUT2D eigenvalue weighted by Gasteiger charge is 2.50. The van der Waals surface area contributed by atoms with Crippen molar-refractivity contribution in [2.75, 3.05) is 0 Å². The first-order chi connectivity index (χ1) is 7.57. The zero-order valence-electron chi connectivity index (χ0n) is 9.49. The second-order valence-electron chi connectivity index (χ2n) is 4.55. The zero-order valence-corrected chi connectivity index (χ0v) is 9.49. The first-order valence-corrected chi connectivity index (χ1v) is 5.47. The lowest BCUT2D eigenvalue weighted by Gasteiger charge is -2.30. The summed E-state index contributed by atoms with van der Waals surface area (Å²) in [6, 6.07) is 9.54. The summed E-state index contributed by atoms with van der Waals surface area (Å²) in [6.45, 7) is 3.95. The second-order valence-corrected chi connectivity index (χ2v) is 4.55. The summed E-state index contributed by atoms with van der Waals surface area (Å²) in [5.41, 5.74) is 0.242. The van der Waals surface area contributed by atoms with Crippen LogP contribution in [0.1, 0.15) is 25.8 Å². The molecule has 2 rings (SSSR count). The molecule has 1 aliphatic rings. The molecule has 1 N–H and O–H groups in total. The quantitative estimate of drug-likeness (QED) is 0.765. The smallest absolute Gasteiger partial charge is 0.237 e. The molecular formula is C13H15NO2. The van der Waals surface area contributed by atoms with Crippen molar-refractivity contribution >= 4 is 11.8 Å². The molecule has 2 amide bonds. The summed E-state index contributed by atoms with van der Waals surface area (Å²) >= 11 is 0. The van der Waals surface area contributed by atoms with Gasteiger partial charge in [-0.05, 0) is 11.5 Å². The summed E-state index contributed by atoms with van der Waals surface area (Å²) in [7, 11) is 0. The van der Waals surface area contributed by atoms with Gasteiger partial charge in [-0.25, -0.2) is 0 Å². The Morgan fingerprint density at radius 3 is 2.25 bits per heavy atom. The summed E-state index contributed by atoms with van der Waals surface area (Å²) in [5.74, 6) is -0.248. The van der Waals surface area contributed by atoms with E-state index in [0.717, 1.165) is 5.56 Å². The molecule has 16 heavy (non-hydrogen) atoms. The third-order valence-corrected chi connectivity index (χ3v) is 3.37. The van der Waals surface area contributed by atoms with Crippen molar-refractivity contribution in [3.05, 3.63) is 35.9 Å². The van der Waals surface area contributed by atoms with E-state index in [-0.39, 0.29) is 24.2 Å². The van der Waals surface area contributed by atoms with Crippen molar-refractivity contribution in [1.29, 1.82) is 0 Å². The predicted octanol–water partition coefficient (Wildman–Crippen LogP) is 1.63. The maximum Gasteiger partial charge on any atom is 0.237 e. The standard InChI is InChI=1S/C13H15NO2/c1-9(2)13(8-11(15)14-12(13)16)10-6-4-3-5-7-10/h3-7,9H,8H2,1-2H3,(H,14,15,16). The first-order valence-electron chi connectivity index (χ1n) is 5.47. The molecule has 1 atom stereocenters. The van der Waals surface area contributed by atoms with Gasteiger partial charge in [0.1, 0.15) is 0 Å². The summed E-state index contributed by atoms with van der Waals surface area (Å²) in [5, 5.41) is 2.41. The summed E-state index contributed by atoms with van der Waals surface area (Å²) < 4.78 is 0. The third kappa shape index (κ3) is 1.43. The predicted molar refractivity (Wildman–Crippen MR) is 60.7 cm³/mol. The van der Waals surface area contributed by atoms with Gasteiger partial charge >= 0.3 is 0 Å². The molecule has 0 saturated carbocycles. The lowest BCUT2D eigenvalue weighted by atomic mass is 9.70. The number of hydrogen-bond acceptors (Lipinski definition) is 2. The fourth-order valence-corrected chi connectivity index (χ4v) is 2.38. The van der Waals surface area contributed by atoms with E-state index in [0.29, 0.717) is 0 Å². The Balaban J connectivity index is 2.53. The highest BCUT2D eigenvalue weighted by Crippen LogP contribution is 2.39. The van der Waals surface area contributed by atoms with Crippen LogP contribution < -0.4 is 5.32 Å². The van der Waals surface area contributed by atoms with Crippen LogP contribution in [-0.2, 0) is 15.0 Å². The monoisotopic (exact) mass is 217 g/mol. The van der Waals surface area contributed by atoms with Crippen molar-refractivity contribution < 1.29 is 9.59 Å². The van der Waals surface area contributed by atoms with Gasteiger partial charge in [0.2, 0.25) is 11.8 Å². The van der Waals surface area contributed by atoms with Gasteiger partial charge in [-0.3, -0.25) is 14.9 Å². The van der Waals surface area contributed by atoms with Gasteiger partial charge in [0.15, 0.2) is 0 Å². The molecule has 1 saturated heterocycles. The SMILES string of the molecule is CC(C)C1(c2ccccc2)CC(=O)NC1=O. The van der Waals surface area contributed by atoms with Crippen LogP contribution in [0, 0.1) is 5.92 Å². The van der Waals surface area contributed by atoms with Gasteiger partial charge < -0.3 is 0 Å². The molecule has 1 aliphatic heterocycles. The van der Waals surface area contributed by atoms with Gasteiger partial charge in [0.05, 0.1) is 5.41 Å². The van der Waals surface area contributed by atoms with Gasteiger partial charge in [0.25, 0.3) is 0 Å². The van der Waals surface area contributed by atoms with Crippen LogP contribution in [0.5, 0.6) is 0 Å². The van der Waals surface area contributed by atoms with E-state index < -0.39 is 5.41 Å². The fraction of sp³-hybridized carbons (Fsp3) is 0.385. The van der Waals surface area contributed by atoms with Crippen molar-refractivity contribution in [3.63, 3.8) is 0 Å². The molecular weight excluding hydrogens is 202 g/mol. The van der Waals surface area contributed by atoms with Crippen LogP contribution in [-0.4, -0.2) is 11.8 Å². The van der Waals surface area contributed by atoms with Crippen LogP contribution in [0.4, 0.5) is 0 Å². The average molecular weight is 217 g/mol. The molecule has 0 aromatic heterocycles. The number of amides is 2. The van der Waals surface area contributed by atoms with Crippen molar-refractivity contribution in [2.24, 2.45) is 5.92 Å². The topological polar surface area (TPSA) is 46.2 Å². The van der Waals surface area contributed by atoms with Gasteiger partial charge in [-0.2, -0.15) is 0 Å². The van der Waals surface area contributed by atoms with Crippen molar-refractivity contribution in [3.8, 4) is 0 Å². The molecule has 1 fully saturated rings. The Kier molecular flexibility index (Phi) is 2.54. The molecule has 0 aliphatic carbocycles. The van der Waals surface area contributed by atoms with Gasteiger partial charge in [-0.1, -0.05) is 44.2 Å². The highest BCUT2D eigenvalue weighted by molar-refractivity contribution is 6.09. The lowest BCUT2D eigenvalue weighted by molar-refractivity contribution is -0.127. The van der Waals surface area contributed by atoms with Crippen LogP contribution in [0.3, 0.4) is 0 Å². The molecule has 1 aromatic carbocycles. The van der Waals surface area contributed by atoms with Gasteiger partial charge in [-0.15, -0.1) is 0 Å². The van der Waals surface area contributed by atoms with E-state index in [2.05, 4.69) is 5.32 Å². The van der Waals surface area contributed by atoms with E-state index in [1.807, 2.05) is 44.2 Å². The minimum atomic E-state index is -0.682. The molecule has 3 nitrogen and oxygen atoms in total.